The summed E-state index contributed by atoms with van der Waals surface area (Å²) in [6.07, 6.45) is 0. The van der Waals surface area contributed by atoms with Gasteiger partial charge in [-0.05, 0) is 31.2 Å². The molecule has 0 spiro atoms. The number of carbonyl (C=O) groups is 1. The zero-order valence-corrected chi connectivity index (χ0v) is 11.3. The number of aromatic amines is 2. The highest BCUT2D eigenvalue weighted by molar-refractivity contribution is 6.10. The van der Waals surface area contributed by atoms with Gasteiger partial charge in [-0.1, -0.05) is 23.8 Å². The van der Waals surface area contributed by atoms with Crippen LogP contribution in [0.25, 0.3) is 11.0 Å². The van der Waals surface area contributed by atoms with E-state index in [1.54, 1.807) is 24.3 Å². The van der Waals surface area contributed by atoms with E-state index >= 15 is 0 Å². The van der Waals surface area contributed by atoms with Gasteiger partial charge in [0.15, 0.2) is 5.78 Å². The summed E-state index contributed by atoms with van der Waals surface area (Å²) in [7, 11) is 0. The number of fused-ring (bicyclic) bond motifs is 1. The highest BCUT2D eigenvalue weighted by atomic mass is 16.2. The van der Waals surface area contributed by atoms with E-state index in [2.05, 4.69) is 9.97 Å². The zero-order valence-electron chi connectivity index (χ0n) is 11.3. The molecule has 21 heavy (non-hydrogen) atoms. The lowest BCUT2D eigenvalue weighted by Gasteiger charge is -2.04. The van der Waals surface area contributed by atoms with Crippen LogP contribution in [0.2, 0.25) is 0 Å². The average Bonchev–Trinajstić information content (AvgIpc) is 2.47. The summed E-state index contributed by atoms with van der Waals surface area (Å²) in [4.78, 5) is 39.9. The summed E-state index contributed by atoms with van der Waals surface area (Å²) in [6.45, 7) is 1.92. The first-order chi connectivity index (χ1) is 10.0. The number of aryl methyl sites for hydroxylation is 1. The molecule has 3 aromatic rings. The minimum atomic E-state index is -0.734. The van der Waals surface area contributed by atoms with Gasteiger partial charge in [0, 0.05) is 11.1 Å². The number of H-pyrrole nitrogens is 2. The molecule has 0 bridgehead atoms. The number of aromatic nitrogens is 2. The van der Waals surface area contributed by atoms with Crippen LogP contribution in [0, 0.1) is 6.92 Å². The molecular formula is C16H12N2O3. The van der Waals surface area contributed by atoms with Gasteiger partial charge in [0.2, 0.25) is 0 Å². The van der Waals surface area contributed by atoms with Gasteiger partial charge in [0.1, 0.15) is 0 Å². The van der Waals surface area contributed by atoms with Crippen molar-refractivity contribution in [3.8, 4) is 0 Å². The predicted octanol–water partition coefficient (Wildman–Crippen LogP) is 1.76. The second-order valence-corrected chi connectivity index (χ2v) is 4.87. The van der Waals surface area contributed by atoms with Crippen LogP contribution in [0.4, 0.5) is 0 Å². The molecule has 1 aromatic heterocycles. The topological polar surface area (TPSA) is 82.8 Å². The highest BCUT2D eigenvalue weighted by Crippen LogP contribution is 2.15. The fourth-order valence-electron chi connectivity index (χ4n) is 2.21. The van der Waals surface area contributed by atoms with Crippen LogP contribution in [0.3, 0.4) is 0 Å². The highest BCUT2D eigenvalue weighted by Gasteiger charge is 2.10. The minimum Gasteiger partial charge on any atom is -0.316 e. The third kappa shape index (κ3) is 2.41. The van der Waals surface area contributed by atoms with Crippen molar-refractivity contribution in [1.29, 1.82) is 0 Å². The first-order valence-corrected chi connectivity index (χ1v) is 6.42. The smallest absolute Gasteiger partial charge is 0.314 e. The summed E-state index contributed by atoms with van der Waals surface area (Å²) in [5, 5.41) is 0. The summed E-state index contributed by atoms with van der Waals surface area (Å²) in [6, 6.07) is 12.1. The Hall–Kier alpha value is -2.95. The normalized spacial score (nSPS) is 10.7. The molecule has 0 aliphatic heterocycles. The van der Waals surface area contributed by atoms with Crippen LogP contribution >= 0.6 is 0 Å². The van der Waals surface area contributed by atoms with Crippen molar-refractivity contribution in [3.63, 3.8) is 0 Å². The number of ketones is 1. The number of rotatable bonds is 2. The predicted molar refractivity (Wildman–Crippen MR) is 79.8 cm³/mol. The lowest BCUT2D eigenvalue weighted by Crippen LogP contribution is -2.28. The fourth-order valence-corrected chi connectivity index (χ4v) is 2.21. The van der Waals surface area contributed by atoms with E-state index in [4.69, 9.17) is 0 Å². The van der Waals surface area contributed by atoms with Gasteiger partial charge in [0.25, 0.3) is 0 Å². The van der Waals surface area contributed by atoms with Crippen molar-refractivity contribution in [2.24, 2.45) is 0 Å². The molecule has 5 nitrogen and oxygen atoms in total. The molecule has 0 saturated heterocycles. The van der Waals surface area contributed by atoms with Crippen LogP contribution in [0.5, 0.6) is 0 Å². The van der Waals surface area contributed by atoms with Crippen molar-refractivity contribution in [1.82, 2.24) is 9.97 Å². The molecule has 3 rings (SSSR count). The molecule has 104 valence electrons. The summed E-state index contributed by atoms with van der Waals surface area (Å²) >= 11 is 0. The number of nitrogens with one attached hydrogen (secondary N) is 2. The van der Waals surface area contributed by atoms with Gasteiger partial charge in [0.05, 0.1) is 11.0 Å². The molecule has 0 unspecified atom stereocenters. The third-order valence-electron chi connectivity index (χ3n) is 3.26. The average molecular weight is 280 g/mol. The SMILES string of the molecule is Cc1cccc(C(=O)c2ccc3[nH]c(=O)c(=O)[nH]c3c2)c1. The van der Waals surface area contributed by atoms with E-state index in [-0.39, 0.29) is 5.78 Å². The molecular weight excluding hydrogens is 268 g/mol. The number of hydrogen-bond acceptors (Lipinski definition) is 3. The Kier molecular flexibility index (Phi) is 3.02. The fraction of sp³-hybridized carbons (Fsp3) is 0.0625. The van der Waals surface area contributed by atoms with Crippen LogP contribution in [0.1, 0.15) is 21.5 Å². The van der Waals surface area contributed by atoms with Crippen LogP contribution in [-0.2, 0) is 0 Å². The maximum atomic E-state index is 12.4. The Morgan fingerprint density at radius 2 is 1.52 bits per heavy atom. The van der Waals surface area contributed by atoms with E-state index in [1.165, 1.54) is 0 Å². The first kappa shape index (κ1) is 13.1. The Balaban J connectivity index is 2.13. The van der Waals surface area contributed by atoms with Gasteiger partial charge in [-0.2, -0.15) is 0 Å². The lowest BCUT2D eigenvalue weighted by atomic mass is 10.0. The first-order valence-electron chi connectivity index (χ1n) is 6.42. The second-order valence-electron chi connectivity index (χ2n) is 4.87. The monoisotopic (exact) mass is 280 g/mol. The van der Waals surface area contributed by atoms with E-state index < -0.39 is 11.1 Å². The Morgan fingerprint density at radius 3 is 2.24 bits per heavy atom. The molecule has 5 heteroatoms. The summed E-state index contributed by atoms with van der Waals surface area (Å²) in [5.74, 6) is -0.132. The molecule has 0 aliphatic carbocycles. The molecule has 2 aromatic carbocycles. The van der Waals surface area contributed by atoms with Crippen LogP contribution in [0.15, 0.2) is 52.1 Å². The van der Waals surface area contributed by atoms with Gasteiger partial charge >= 0.3 is 11.1 Å². The Morgan fingerprint density at radius 1 is 0.857 bits per heavy atom. The van der Waals surface area contributed by atoms with E-state index in [0.29, 0.717) is 22.2 Å². The molecule has 1 heterocycles. The minimum absolute atomic E-state index is 0.132. The van der Waals surface area contributed by atoms with Gasteiger partial charge in [-0.25, -0.2) is 0 Å². The molecule has 0 radical (unpaired) electrons. The standard InChI is InChI=1S/C16H12N2O3/c1-9-3-2-4-10(7-9)14(19)11-5-6-12-13(8-11)18-16(21)15(20)17-12/h2-8H,1H3,(H,17,20)(H,18,21). The maximum absolute atomic E-state index is 12.4. The van der Waals surface area contributed by atoms with E-state index in [9.17, 15) is 14.4 Å². The zero-order chi connectivity index (χ0) is 15.0. The molecule has 0 aliphatic rings. The number of benzene rings is 2. The Bertz CT molecular complexity index is 967. The largest absolute Gasteiger partial charge is 0.316 e. The summed E-state index contributed by atoms with van der Waals surface area (Å²) in [5.41, 5.74) is 1.51. The van der Waals surface area contributed by atoms with Crippen molar-refractivity contribution < 1.29 is 4.79 Å². The van der Waals surface area contributed by atoms with Gasteiger partial charge in [-0.15, -0.1) is 0 Å². The van der Waals surface area contributed by atoms with Crippen LogP contribution in [-0.4, -0.2) is 15.8 Å². The number of hydrogen-bond donors (Lipinski definition) is 2. The van der Waals surface area contributed by atoms with Crippen molar-refractivity contribution in [2.75, 3.05) is 0 Å². The lowest BCUT2D eigenvalue weighted by molar-refractivity contribution is 0.103. The van der Waals surface area contributed by atoms with Crippen molar-refractivity contribution in [3.05, 3.63) is 79.9 Å². The van der Waals surface area contributed by atoms with Crippen molar-refractivity contribution >= 4 is 16.8 Å². The quantitative estimate of drug-likeness (QED) is 0.554. The molecule has 0 saturated carbocycles. The molecule has 0 atom stereocenters. The maximum Gasteiger partial charge on any atom is 0.314 e. The third-order valence-corrected chi connectivity index (χ3v) is 3.26. The van der Waals surface area contributed by atoms with Crippen LogP contribution < -0.4 is 11.1 Å². The molecule has 0 amide bonds. The van der Waals surface area contributed by atoms with Gasteiger partial charge in [-0.3, -0.25) is 14.4 Å². The Labute approximate surface area is 119 Å². The van der Waals surface area contributed by atoms with Gasteiger partial charge < -0.3 is 9.97 Å². The second kappa shape index (κ2) is 4.86. The van der Waals surface area contributed by atoms with Crippen molar-refractivity contribution in [2.45, 2.75) is 6.92 Å². The van der Waals surface area contributed by atoms with E-state index in [0.717, 1.165) is 5.56 Å². The molecule has 0 fully saturated rings. The van der Waals surface area contributed by atoms with E-state index in [1.807, 2.05) is 25.1 Å². The molecule has 2 N–H and O–H groups in total. The number of carbonyl (C=O) groups excluding carboxylic acids is 1. The summed E-state index contributed by atoms with van der Waals surface area (Å²) < 4.78 is 0.